The molecular formula is C17H32N4O4S. The Morgan fingerprint density at radius 1 is 1.31 bits per heavy atom. The summed E-state index contributed by atoms with van der Waals surface area (Å²) in [6.45, 7) is 7.65. The molecule has 26 heavy (non-hydrogen) atoms. The lowest BCUT2D eigenvalue weighted by Gasteiger charge is -2.34. The fraction of sp³-hybridized carbons (Fsp3) is 0.882. The Kier molecular flexibility index (Phi) is 6.76. The van der Waals surface area contributed by atoms with Crippen LogP contribution in [0.3, 0.4) is 0 Å². The molecular weight excluding hydrogens is 356 g/mol. The highest BCUT2D eigenvalue weighted by Gasteiger charge is 2.30. The number of nitrogens with zero attached hydrogens (tertiary/aromatic N) is 2. The van der Waals surface area contributed by atoms with E-state index in [9.17, 15) is 13.2 Å². The predicted octanol–water partition coefficient (Wildman–Crippen LogP) is 0.986. The van der Waals surface area contributed by atoms with Crippen LogP contribution >= 0.6 is 0 Å². The van der Waals surface area contributed by atoms with Gasteiger partial charge in [-0.05, 0) is 46.0 Å². The molecule has 0 spiro atoms. The molecule has 8 nitrogen and oxygen atoms in total. The second-order valence-corrected chi connectivity index (χ2v) is 10.4. The normalized spacial score (nSPS) is 26.5. The summed E-state index contributed by atoms with van der Waals surface area (Å²) in [7, 11) is -1.25. The highest BCUT2D eigenvalue weighted by atomic mass is 32.2. The Labute approximate surface area is 156 Å². The Morgan fingerprint density at radius 2 is 2.04 bits per heavy atom. The van der Waals surface area contributed by atoms with Crippen molar-refractivity contribution in [1.29, 1.82) is 0 Å². The molecule has 0 bridgehead atoms. The fourth-order valence-electron chi connectivity index (χ4n) is 3.26. The summed E-state index contributed by atoms with van der Waals surface area (Å²) in [5.74, 6) is 1.31. The van der Waals surface area contributed by atoms with Crippen molar-refractivity contribution in [3.05, 3.63) is 0 Å². The number of amides is 1. The molecule has 150 valence electrons. The predicted molar refractivity (Wildman–Crippen MR) is 102 cm³/mol. The lowest BCUT2D eigenvalue weighted by atomic mass is 9.98. The topological polar surface area (TPSA) is 100 Å². The maximum absolute atomic E-state index is 12.2. The number of aliphatic imine (C=N–C) groups is 1. The number of rotatable bonds is 3. The Bertz CT molecular complexity index is 627. The maximum atomic E-state index is 12.2. The molecule has 2 saturated heterocycles. The van der Waals surface area contributed by atoms with E-state index in [1.54, 1.807) is 11.9 Å². The van der Waals surface area contributed by atoms with Crippen LogP contribution in [0.2, 0.25) is 0 Å². The van der Waals surface area contributed by atoms with Gasteiger partial charge < -0.3 is 20.3 Å². The first-order valence-electron chi connectivity index (χ1n) is 9.23. The van der Waals surface area contributed by atoms with Gasteiger partial charge in [0.2, 0.25) is 0 Å². The van der Waals surface area contributed by atoms with E-state index in [1.165, 1.54) is 0 Å². The molecule has 1 amide bonds. The fourth-order valence-corrected chi connectivity index (χ4v) is 4.94. The van der Waals surface area contributed by atoms with Gasteiger partial charge in [0.15, 0.2) is 15.8 Å². The summed E-state index contributed by atoms with van der Waals surface area (Å²) in [5, 5.41) is 6.45. The monoisotopic (exact) mass is 388 g/mol. The minimum atomic E-state index is -2.92. The number of sulfone groups is 1. The zero-order valence-corrected chi connectivity index (χ0v) is 17.1. The average Bonchev–Trinajstić information content (AvgIpc) is 2.89. The second kappa shape index (κ2) is 8.45. The molecule has 0 aliphatic carbocycles. The number of hydrogen-bond acceptors (Lipinski definition) is 5. The van der Waals surface area contributed by atoms with Crippen LogP contribution in [0, 0.1) is 5.92 Å². The maximum Gasteiger partial charge on any atom is 0.410 e. The van der Waals surface area contributed by atoms with E-state index < -0.39 is 15.4 Å². The number of guanidine groups is 1. The second-order valence-electron chi connectivity index (χ2n) is 8.13. The van der Waals surface area contributed by atoms with Crippen LogP contribution in [-0.4, -0.2) is 75.2 Å². The van der Waals surface area contributed by atoms with Gasteiger partial charge in [0, 0.05) is 32.7 Å². The van der Waals surface area contributed by atoms with Crippen molar-refractivity contribution in [3.8, 4) is 0 Å². The molecule has 9 heteroatoms. The Hall–Kier alpha value is -1.51. The number of likely N-dealkylation sites (tertiary alicyclic amines) is 1. The molecule has 0 aromatic heterocycles. The van der Waals surface area contributed by atoms with Gasteiger partial charge in [-0.2, -0.15) is 0 Å². The molecule has 2 unspecified atom stereocenters. The van der Waals surface area contributed by atoms with Gasteiger partial charge in [-0.3, -0.25) is 4.99 Å². The van der Waals surface area contributed by atoms with Crippen molar-refractivity contribution in [2.24, 2.45) is 10.9 Å². The van der Waals surface area contributed by atoms with Crippen LogP contribution in [0.15, 0.2) is 4.99 Å². The van der Waals surface area contributed by atoms with Gasteiger partial charge in [-0.25, -0.2) is 13.2 Å². The zero-order chi connectivity index (χ0) is 19.4. The van der Waals surface area contributed by atoms with Crippen LogP contribution in [0.1, 0.15) is 40.0 Å². The van der Waals surface area contributed by atoms with Gasteiger partial charge in [0.25, 0.3) is 0 Å². The first-order valence-corrected chi connectivity index (χ1v) is 11.1. The van der Waals surface area contributed by atoms with Gasteiger partial charge in [0.05, 0.1) is 11.5 Å². The lowest BCUT2D eigenvalue weighted by molar-refractivity contribution is 0.0168. The van der Waals surface area contributed by atoms with Crippen molar-refractivity contribution in [3.63, 3.8) is 0 Å². The van der Waals surface area contributed by atoms with Crippen molar-refractivity contribution in [2.45, 2.75) is 51.7 Å². The van der Waals surface area contributed by atoms with Crippen LogP contribution in [-0.2, 0) is 14.6 Å². The number of carbonyl (C=O) groups excluding carboxylic acids is 1. The molecule has 0 aromatic carbocycles. The summed E-state index contributed by atoms with van der Waals surface area (Å²) in [6.07, 6.45) is 2.32. The summed E-state index contributed by atoms with van der Waals surface area (Å²) in [5.41, 5.74) is -0.490. The van der Waals surface area contributed by atoms with E-state index in [4.69, 9.17) is 4.74 Å². The summed E-state index contributed by atoms with van der Waals surface area (Å²) in [6, 6.07) is -0.0872. The standard InChI is InChI=1S/C17H32N4O4S/c1-17(2,3)25-16(22)21-8-5-6-13(11-21)10-19-15(18-4)20-14-7-9-26(23,24)12-14/h13-14H,5-12H2,1-4H3,(H2,18,19,20). The third-order valence-electron chi connectivity index (χ3n) is 4.53. The first-order chi connectivity index (χ1) is 12.1. The first kappa shape index (κ1) is 20.8. The number of carbonyl (C=O) groups is 1. The lowest BCUT2D eigenvalue weighted by Crippen LogP contribution is -2.49. The number of nitrogens with one attached hydrogen (secondary N) is 2. The van der Waals surface area contributed by atoms with E-state index >= 15 is 0 Å². The van der Waals surface area contributed by atoms with Crippen molar-refractivity contribution in [2.75, 3.05) is 38.2 Å². The van der Waals surface area contributed by atoms with E-state index in [0.29, 0.717) is 31.4 Å². The number of piperidine rings is 1. The van der Waals surface area contributed by atoms with Gasteiger partial charge in [0.1, 0.15) is 5.60 Å². The third-order valence-corrected chi connectivity index (χ3v) is 6.29. The highest BCUT2D eigenvalue weighted by Crippen LogP contribution is 2.19. The van der Waals surface area contributed by atoms with Gasteiger partial charge >= 0.3 is 6.09 Å². The van der Waals surface area contributed by atoms with Gasteiger partial charge in [-0.15, -0.1) is 0 Å². The van der Waals surface area contributed by atoms with Crippen LogP contribution in [0.25, 0.3) is 0 Å². The molecule has 0 aromatic rings. The average molecular weight is 389 g/mol. The summed E-state index contributed by atoms with van der Waals surface area (Å²) >= 11 is 0. The molecule has 2 rings (SSSR count). The van der Waals surface area contributed by atoms with E-state index in [0.717, 1.165) is 19.4 Å². The van der Waals surface area contributed by atoms with Crippen LogP contribution < -0.4 is 10.6 Å². The van der Waals surface area contributed by atoms with Crippen molar-refractivity contribution in [1.82, 2.24) is 15.5 Å². The molecule has 2 aliphatic rings. The quantitative estimate of drug-likeness (QED) is 0.552. The van der Waals surface area contributed by atoms with Crippen LogP contribution in [0.4, 0.5) is 4.79 Å². The summed E-state index contributed by atoms with van der Waals surface area (Å²) in [4.78, 5) is 18.2. The minimum absolute atomic E-state index is 0.0872. The number of hydrogen-bond donors (Lipinski definition) is 2. The van der Waals surface area contributed by atoms with E-state index in [-0.39, 0.29) is 23.6 Å². The molecule has 0 saturated carbocycles. The van der Waals surface area contributed by atoms with Gasteiger partial charge in [-0.1, -0.05) is 0 Å². The molecule has 0 radical (unpaired) electrons. The smallest absolute Gasteiger partial charge is 0.410 e. The SMILES string of the molecule is CN=C(NCC1CCCN(C(=O)OC(C)(C)C)C1)NC1CCS(=O)(=O)C1. The molecule has 2 heterocycles. The minimum Gasteiger partial charge on any atom is -0.444 e. The number of ether oxygens (including phenoxy) is 1. The van der Waals surface area contributed by atoms with E-state index in [2.05, 4.69) is 15.6 Å². The molecule has 2 fully saturated rings. The van der Waals surface area contributed by atoms with Crippen LogP contribution in [0.5, 0.6) is 0 Å². The highest BCUT2D eigenvalue weighted by molar-refractivity contribution is 7.91. The third kappa shape index (κ3) is 6.66. The van der Waals surface area contributed by atoms with Crippen molar-refractivity contribution >= 4 is 21.9 Å². The van der Waals surface area contributed by atoms with Crippen molar-refractivity contribution < 1.29 is 17.9 Å². The molecule has 2 atom stereocenters. The zero-order valence-electron chi connectivity index (χ0n) is 16.2. The molecule has 2 aliphatic heterocycles. The van der Waals surface area contributed by atoms with E-state index in [1.807, 2.05) is 20.8 Å². The molecule has 2 N–H and O–H groups in total. The Balaban J connectivity index is 1.79. The largest absolute Gasteiger partial charge is 0.444 e. The summed E-state index contributed by atoms with van der Waals surface area (Å²) < 4.78 is 28.6. The Morgan fingerprint density at radius 3 is 2.62 bits per heavy atom.